The summed E-state index contributed by atoms with van der Waals surface area (Å²) in [4.78, 5) is 0. The van der Waals surface area contributed by atoms with E-state index in [0.717, 1.165) is 0 Å². The molecular formula is C9H9FN2. The maximum atomic E-state index is 12.2. The molecule has 0 fully saturated rings. The smallest absolute Gasteiger partial charge is 0.109 e. The first-order valence-electron chi connectivity index (χ1n) is 3.60. The van der Waals surface area contributed by atoms with E-state index in [0.29, 0.717) is 11.1 Å². The molecule has 62 valence electrons. The number of nitriles is 1. The fraction of sp³-hybridized carbons (Fsp3) is 0.222. The van der Waals surface area contributed by atoms with Gasteiger partial charge in [0, 0.05) is 0 Å². The maximum absolute atomic E-state index is 12.2. The van der Waals surface area contributed by atoms with Crippen molar-refractivity contribution in [3.8, 4) is 6.07 Å². The number of benzene rings is 1. The van der Waals surface area contributed by atoms with Gasteiger partial charge in [-0.25, -0.2) is 4.39 Å². The van der Waals surface area contributed by atoms with Crippen LogP contribution in [0.25, 0.3) is 0 Å². The Morgan fingerprint density at radius 2 is 2.17 bits per heavy atom. The predicted molar refractivity (Wildman–Crippen MR) is 44.1 cm³/mol. The predicted octanol–water partition coefficient (Wildman–Crippen LogP) is 1.53. The minimum atomic E-state index is -0.680. The average Bonchev–Trinajstić information content (AvgIpc) is 2.16. The first-order valence-corrected chi connectivity index (χ1v) is 3.60. The highest BCUT2D eigenvalue weighted by Gasteiger charge is 2.08. The SMILES string of the molecule is N#Cc1ccccc1[C@H](N)CF. The molecule has 0 aliphatic heterocycles. The lowest BCUT2D eigenvalue weighted by atomic mass is 10.0. The molecule has 2 nitrogen and oxygen atoms in total. The zero-order valence-corrected chi connectivity index (χ0v) is 6.50. The van der Waals surface area contributed by atoms with Crippen LogP contribution >= 0.6 is 0 Å². The minimum absolute atomic E-state index is 0.447. The van der Waals surface area contributed by atoms with Crippen LogP contribution < -0.4 is 5.73 Å². The molecule has 1 rings (SSSR count). The van der Waals surface area contributed by atoms with E-state index in [2.05, 4.69) is 0 Å². The third-order valence-corrected chi connectivity index (χ3v) is 1.65. The standard InChI is InChI=1S/C9H9FN2/c10-5-9(12)8-4-2-1-3-7(8)6-11/h1-4,9H,5,12H2/t9-/m1/s1. The summed E-state index contributed by atoms with van der Waals surface area (Å²) in [6.45, 7) is -0.640. The van der Waals surface area contributed by atoms with Crippen LogP contribution in [-0.4, -0.2) is 6.67 Å². The fourth-order valence-electron chi connectivity index (χ4n) is 1.01. The summed E-state index contributed by atoms with van der Waals surface area (Å²) in [6.07, 6.45) is 0. The van der Waals surface area contributed by atoms with Crippen molar-refractivity contribution in [3.63, 3.8) is 0 Å². The third-order valence-electron chi connectivity index (χ3n) is 1.65. The van der Waals surface area contributed by atoms with Crippen molar-refractivity contribution in [2.45, 2.75) is 6.04 Å². The van der Waals surface area contributed by atoms with E-state index in [-0.39, 0.29) is 0 Å². The number of rotatable bonds is 2. The van der Waals surface area contributed by atoms with Gasteiger partial charge >= 0.3 is 0 Å². The van der Waals surface area contributed by atoms with Gasteiger partial charge < -0.3 is 5.73 Å². The van der Waals surface area contributed by atoms with Gasteiger partial charge in [0.2, 0.25) is 0 Å². The molecule has 0 saturated carbocycles. The van der Waals surface area contributed by atoms with E-state index in [1.54, 1.807) is 24.3 Å². The Morgan fingerprint density at radius 3 is 2.75 bits per heavy atom. The molecule has 0 unspecified atom stereocenters. The first kappa shape index (κ1) is 8.69. The van der Waals surface area contributed by atoms with Gasteiger partial charge in [-0.3, -0.25) is 0 Å². The number of nitrogens with two attached hydrogens (primary N) is 1. The van der Waals surface area contributed by atoms with Gasteiger partial charge in [0.1, 0.15) is 6.67 Å². The Hall–Kier alpha value is -1.40. The topological polar surface area (TPSA) is 49.8 Å². The maximum Gasteiger partial charge on any atom is 0.109 e. The summed E-state index contributed by atoms with van der Waals surface area (Å²) in [5.41, 5.74) is 6.46. The zero-order chi connectivity index (χ0) is 8.97. The zero-order valence-electron chi connectivity index (χ0n) is 6.50. The van der Waals surface area contributed by atoms with Crippen molar-refractivity contribution < 1.29 is 4.39 Å². The summed E-state index contributed by atoms with van der Waals surface area (Å²) < 4.78 is 12.2. The molecule has 0 radical (unpaired) electrons. The van der Waals surface area contributed by atoms with E-state index in [4.69, 9.17) is 11.0 Å². The van der Waals surface area contributed by atoms with Crippen LogP contribution in [0.5, 0.6) is 0 Å². The third kappa shape index (κ3) is 1.60. The van der Waals surface area contributed by atoms with Crippen molar-refractivity contribution in [1.29, 1.82) is 5.26 Å². The molecule has 0 aliphatic carbocycles. The summed E-state index contributed by atoms with van der Waals surface area (Å²) in [6, 6.07) is 8.05. The van der Waals surface area contributed by atoms with E-state index < -0.39 is 12.7 Å². The van der Waals surface area contributed by atoms with Gasteiger partial charge in [-0.15, -0.1) is 0 Å². The molecular weight excluding hydrogens is 155 g/mol. The Balaban J connectivity index is 3.07. The summed E-state index contributed by atoms with van der Waals surface area (Å²) >= 11 is 0. The molecule has 0 bridgehead atoms. The van der Waals surface area contributed by atoms with E-state index in [9.17, 15) is 4.39 Å². The van der Waals surface area contributed by atoms with Crippen molar-refractivity contribution in [2.75, 3.05) is 6.67 Å². The second kappa shape index (κ2) is 3.84. The second-order valence-corrected chi connectivity index (χ2v) is 2.46. The minimum Gasteiger partial charge on any atom is -0.322 e. The highest BCUT2D eigenvalue weighted by Crippen LogP contribution is 2.15. The molecule has 0 aliphatic rings. The highest BCUT2D eigenvalue weighted by molar-refractivity contribution is 5.39. The average molecular weight is 164 g/mol. The molecule has 0 heterocycles. The van der Waals surface area contributed by atoms with Crippen molar-refractivity contribution in [3.05, 3.63) is 35.4 Å². The highest BCUT2D eigenvalue weighted by atomic mass is 19.1. The largest absolute Gasteiger partial charge is 0.322 e. The van der Waals surface area contributed by atoms with Gasteiger partial charge in [-0.1, -0.05) is 18.2 Å². The number of nitrogens with zero attached hydrogens (tertiary/aromatic N) is 1. The van der Waals surface area contributed by atoms with Crippen molar-refractivity contribution in [1.82, 2.24) is 0 Å². The lowest BCUT2D eigenvalue weighted by Crippen LogP contribution is -2.13. The molecule has 2 N–H and O–H groups in total. The first-order chi connectivity index (χ1) is 5.79. The number of hydrogen-bond donors (Lipinski definition) is 1. The Morgan fingerprint density at radius 1 is 1.50 bits per heavy atom. The van der Waals surface area contributed by atoms with Gasteiger partial charge in [-0.05, 0) is 11.6 Å². The Labute approximate surface area is 70.4 Å². The van der Waals surface area contributed by atoms with Crippen LogP contribution in [0.4, 0.5) is 4.39 Å². The van der Waals surface area contributed by atoms with Crippen LogP contribution in [-0.2, 0) is 0 Å². The molecule has 0 aromatic heterocycles. The Bertz CT molecular complexity index is 304. The summed E-state index contributed by atoms with van der Waals surface area (Å²) in [7, 11) is 0. The normalized spacial score (nSPS) is 12.1. The lowest BCUT2D eigenvalue weighted by Gasteiger charge is -2.07. The summed E-state index contributed by atoms with van der Waals surface area (Å²) in [5, 5.41) is 8.63. The molecule has 1 atom stereocenters. The van der Waals surface area contributed by atoms with Gasteiger partial charge in [0.15, 0.2) is 0 Å². The molecule has 0 spiro atoms. The van der Waals surface area contributed by atoms with Crippen molar-refractivity contribution in [2.24, 2.45) is 5.73 Å². The van der Waals surface area contributed by atoms with Crippen LogP contribution in [0, 0.1) is 11.3 Å². The summed E-state index contributed by atoms with van der Waals surface area (Å²) in [5.74, 6) is 0. The van der Waals surface area contributed by atoms with E-state index >= 15 is 0 Å². The van der Waals surface area contributed by atoms with Crippen LogP contribution in [0.1, 0.15) is 17.2 Å². The molecule has 0 amide bonds. The van der Waals surface area contributed by atoms with Gasteiger partial charge in [-0.2, -0.15) is 5.26 Å². The van der Waals surface area contributed by atoms with Crippen LogP contribution in [0.3, 0.4) is 0 Å². The quantitative estimate of drug-likeness (QED) is 0.720. The molecule has 1 aromatic rings. The number of alkyl halides is 1. The molecule has 1 aromatic carbocycles. The van der Waals surface area contributed by atoms with Crippen molar-refractivity contribution >= 4 is 0 Å². The van der Waals surface area contributed by atoms with Crippen LogP contribution in [0.15, 0.2) is 24.3 Å². The fourth-order valence-corrected chi connectivity index (χ4v) is 1.01. The monoisotopic (exact) mass is 164 g/mol. The number of halogens is 1. The van der Waals surface area contributed by atoms with Crippen LogP contribution in [0.2, 0.25) is 0 Å². The Kier molecular flexibility index (Phi) is 2.78. The van der Waals surface area contributed by atoms with E-state index in [1.165, 1.54) is 0 Å². The lowest BCUT2D eigenvalue weighted by molar-refractivity contribution is 0.437. The molecule has 3 heteroatoms. The van der Waals surface area contributed by atoms with E-state index in [1.807, 2.05) is 6.07 Å². The molecule has 0 saturated heterocycles. The van der Waals surface area contributed by atoms with Gasteiger partial charge in [0.25, 0.3) is 0 Å². The number of hydrogen-bond acceptors (Lipinski definition) is 2. The molecule has 12 heavy (non-hydrogen) atoms. The second-order valence-electron chi connectivity index (χ2n) is 2.46. The van der Waals surface area contributed by atoms with Gasteiger partial charge in [0.05, 0.1) is 17.7 Å².